The van der Waals surface area contributed by atoms with E-state index in [0.29, 0.717) is 15.2 Å². The molecule has 4 aromatic rings. The number of alkyl halides is 3. The highest BCUT2D eigenvalue weighted by Crippen LogP contribution is 2.34. The Balaban J connectivity index is 1.72. The van der Waals surface area contributed by atoms with Gasteiger partial charge in [-0.3, -0.25) is 10.1 Å². The summed E-state index contributed by atoms with van der Waals surface area (Å²) in [6.07, 6.45) is -3.91. The molecule has 0 aliphatic carbocycles. The summed E-state index contributed by atoms with van der Waals surface area (Å²) in [5, 5.41) is 6.77. The summed E-state index contributed by atoms with van der Waals surface area (Å²) in [5.74, 6) is -0.938. The van der Waals surface area contributed by atoms with E-state index in [1.807, 2.05) is 12.1 Å². The number of benzene rings is 2. The van der Waals surface area contributed by atoms with Gasteiger partial charge >= 0.3 is 6.18 Å². The lowest BCUT2D eigenvalue weighted by molar-refractivity contribution is -0.143. The highest BCUT2D eigenvalue weighted by atomic mass is 35.5. The third-order valence-corrected chi connectivity index (χ3v) is 5.07. The summed E-state index contributed by atoms with van der Waals surface area (Å²) in [4.78, 5) is 16.7. The average molecular weight is 423 g/mol. The standard InChI is InChI=1S/C18H10ClF3N4OS/c19-10-5-7-11(8-6-10)26-15(18(20,21)22)12(9-23-26)16(27)25-17-24-13-3-1-2-4-14(13)28-17/h1-9H,(H,24,25,27). The SMILES string of the molecule is O=C(Nc1nc2ccccc2s1)c1cnn(-c2ccc(Cl)cc2)c1C(F)(F)F. The number of para-hydroxylation sites is 1. The van der Waals surface area contributed by atoms with Crippen LogP contribution < -0.4 is 5.32 Å². The van der Waals surface area contributed by atoms with Gasteiger partial charge in [0, 0.05) is 5.02 Å². The van der Waals surface area contributed by atoms with Crippen LogP contribution in [0.4, 0.5) is 18.3 Å². The van der Waals surface area contributed by atoms with Crippen molar-refractivity contribution in [3.63, 3.8) is 0 Å². The Hall–Kier alpha value is -2.91. The number of carbonyl (C=O) groups excluding carboxylic acids is 1. The van der Waals surface area contributed by atoms with E-state index in [2.05, 4.69) is 15.4 Å². The predicted molar refractivity (Wildman–Crippen MR) is 101 cm³/mol. The highest BCUT2D eigenvalue weighted by molar-refractivity contribution is 7.22. The molecule has 1 N–H and O–H groups in total. The van der Waals surface area contributed by atoms with Gasteiger partial charge in [-0.15, -0.1) is 0 Å². The van der Waals surface area contributed by atoms with Crippen LogP contribution in [0.25, 0.3) is 15.9 Å². The van der Waals surface area contributed by atoms with Crippen LogP contribution in [0.3, 0.4) is 0 Å². The Morgan fingerprint density at radius 3 is 2.50 bits per heavy atom. The van der Waals surface area contributed by atoms with Gasteiger partial charge in [0.05, 0.1) is 27.7 Å². The second-order valence-electron chi connectivity index (χ2n) is 5.73. The number of hydrogen-bond acceptors (Lipinski definition) is 4. The molecule has 0 saturated carbocycles. The van der Waals surface area contributed by atoms with Gasteiger partial charge in [0.1, 0.15) is 0 Å². The van der Waals surface area contributed by atoms with E-state index in [9.17, 15) is 18.0 Å². The van der Waals surface area contributed by atoms with E-state index in [0.717, 1.165) is 10.9 Å². The minimum absolute atomic E-state index is 0.135. The molecule has 5 nitrogen and oxygen atoms in total. The van der Waals surface area contributed by atoms with Crippen LogP contribution in [0.1, 0.15) is 16.1 Å². The Morgan fingerprint density at radius 1 is 1.11 bits per heavy atom. The number of halogens is 4. The van der Waals surface area contributed by atoms with Gasteiger partial charge in [-0.2, -0.15) is 18.3 Å². The Morgan fingerprint density at radius 2 is 1.82 bits per heavy atom. The molecule has 0 saturated heterocycles. The summed E-state index contributed by atoms with van der Waals surface area (Å²) in [6, 6.07) is 12.8. The Bertz CT molecular complexity index is 1130. The smallest absolute Gasteiger partial charge is 0.298 e. The summed E-state index contributed by atoms with van der Waals surface area (Å²) >= 11 is 6.96. The zero-order chi connectivity index (χ0) is 19.9. The quantitative estimate of drug-likeness (QED) is 0.480. The van der Waals surface area contributed by atoms with E-state index in [-0.39, 0.29) is 10.8 Å². The van der Waals surface area contributed by atoms with Crippen molar-refractivity contribution in [2.45, 2.75) is 6.18 Å². The number of fused-ring (bicyclic) bond motifs is 1. The topological polar surface area (TPSA) is 59.8 Å². The van der Waals surface area contributed by atoms with Crippen molar-refractivity contribution >= 4 is 44.2 Å². The third kappa shape index (κ3) is 3.46. The Labute approximate surface area is 165 Å². The zero-order valence-corrected chi connectivity index (χ0v) is 15.4. The summed E-state index contributed by atoms with van der Waals surface area (Å²) < 4.78 is 42.6. The number of amides is 1. The summed E-state index contributed by atoms with van der Waals surface area (Å²) in [5.41, 5.74) is -0.985. The first-order chi connectivity index (χ1) is 13.3. The largest absolute Gasteiger partial charge is 0.434 e. The molecule has 0 fully saturated rings. The highest BCUT2D eigenvalue weighted by Gasteiger charge is 2.40. The van der Waals surface area contributed by atoms with Gasteiger partial charge in [0.25, 0.3) is 5.91 Å². The van der Waals surface area contributed by atoms with Gasteiger partial charge in [0.2, 0.25) is 0 Å². The zero-order valence-electron chi connectivity index (χ0n) is 13.9. The molecule has 10 heteroatoms. The molecule has 2 aromatic heterocycles. The van der Waals surface area contributed by atoms with E-state index >= 15 is 0 Å². The molecule has 0 atom stereocenters. The number of thiazole rings is 1. The molecule has 0 bridgehead atoms. The lowest BCUT2D eigenvalue weighted by atomic mass is 10.2. The number of nitrogens with one attached hydrogen (secondary N) is 1. The second-order valence-corrected chi connectivity index (χ2v) is 7.20. The maximum Gasteiger partial charge on any atom is 0.434 e. The first kappa shape index (κ1) is 18.5. The van der Waals surface area contributed by atoms with Crippen molar-refractivity contribution in [3.8, 4) is 5.69 Å². The van der Waals surface area contributed by atoms with E-state index in [1.165, 1.54) is 35.6 Å². The monoisotopic (exact) mass is 422 g/mol. The molecule has 4 rings (SSSR count). The van der Waals surface area contributed by atoms with Gasteiger partial charge < -0.3 is 0 Å². The summed E-state index contributed by atoms with van der Waals surface area (Å²) in [6.45, 7) is 0. The fourth-order valence-electron chi connectivity index (χ4n) is 2.66. The average Bonchev–Trinajstić information content (AvgIpc) is 3.25. The van der Waals surface area contributed by atoms with Crippen molar-refractivity contribution in [1.82, 2.24) is 14.8 Å². The molecule has 142 valence electrons. The van der Waals surface area contributed by atoms with Gasteiger partial charge in [-0.25, -0.2) is 9.67 Å². The molecular formula is C18H10ClF3N4OS. The van der Waals surface area contributed by atoms with Crippen LogP contribution in [0.15, 0.2) is 54.7 Å². The van der Waals surface area contributed by atoms with E-state index in [4.69, 9.17) is 11.6 Å². The third-order valence-electron chi connectivity index (χ3n) is 3.87. The van der Waals surface area contributed by atoms with Gasteiger partial charge in [-0.05, 0) is 36.4 Å². The minimum Gasteiger partial charge on any atom is -0.298 e. The summed E-state index contributed by atoms with van der Waals surface area (Å²) in [7, 11) is 0. The first-order valence-corrected chi connectivity index (χ1v) is 9.10. The maximum absolute atomic E-state index is 13.7. The molecule has 0 unspecified atom stereocenters. The lowest BCUT2D eigenvalue weighted by Gasteiger charge is -2.12. The van der Waals surface area contributed by atoms with Crippen LogP contribution in [-0.2, 0) is 6.18 Å². The molecule has 0 spiro atoms. The molecule has 0 aliphatic heterocycles. The van der Waals surface area contributed by atoms with Crippen molar-refractivity contribution in [2.24, 2.45) is 0 Å². The fraction of sp³-hybridized carbons (Fsp3) is 0.0556. The molecule has 2 heterocycles. The number of carbonyl (C=O) groups is 1. The molecule has 0 aliphatic rings. The second kappa shape index (κ2) is 6.92. The van der Waals surface area contributed by atoms with Crippen LogP contribution in [-0.4, -0.2) is 20.7 Å². The lowest BCUT2D eigenvalue weighted by Crippen LogP contribution is -2.20. The van der Waals surface area contributed by atoms with Crippen LogP contribution in [0.5, 0.6) is 0 Å². The molecule has 0 radical (unpaired) electrons. The number of hydrogen-bond donors (Lipinski definition) is 1. The number of aromatic nitrogens is 3. The molecule has 28 heavy (non-hydrogen) atoms. The van der Waals surface area contributed by atoms with Gasteiger partial charge in [-0.1, -0.05) is 35.1 Å². The maximum atomic E-state index is 13.7. The van der Waals surface area contributed by atoms with Crippen LogP contribution >= 0.6 is 22.9 Å². The number of nitrogens with zero attached hydrogens (tertiary/aromatic N) is 3. The number of rotatable bonds is 3. The fourth-order valence-corrected chi connectivity index (χ4v) is 3.64. The van der Waals surface area contributed by atoms with Crippen molar-refractivity contribution in [3.05, 3.63) is 71.0 Å². The first-order valence-electron chi connectivity index (χ1n) is 7.91. The Kier molecular flexibility index (Phi) is 4.56. The normalized spacial score (nSPS) is 11.7. The van der Waals surface area contributed by atoms with E-state index < -0.39 is 23.3 Å². The molecule has 1 amide bonds. The van der Waals surface area contributed by atoms with Crippen molar-refractivity contribution < 1.29 is 18.0 Å². The van der Waals surface area contributed by atoms with Crippen molar-refractivity contribution in [1.29, 1.82) is 0 Å². The van der Waals surface area contributed by atoms with Crippen LogP contribution in [0, 0.1) is 0 Å². The molecule has 2 aromatic carbocycles. The number of anilines is 1. The minimum atomic E-state index is -4.80. The van der Waals surface area contributed by atoms with Crippen molar-refractivity contribution in [2.75, 3.05) is 5.32 Å². The van der Waals surface area contributed by atoms with E-state index in [1.54, 1.807) is 12.1 Å². The van der Waals surface area contributed by atoms with Crippen LogP contribution in [0.2, 0.25) is 5.02 Å². The van der Waals surface area contributed by atoms with Gasteiger partial charge in [0.15, 0.2) is 10.8 Å². The molecular weight excluding hydrogens is 413 g/mol. The predicted octanol–water partition coefficient (Wildman–Crippen LogP) is 5.41.